The number of hydrogen-bond donors (Lipinski definition) is 2. The van der Waals surface area contributed by atoms with Gasteiger partial charge in [0.05, 0.1) is 6.04 Å². The first-order valence-electron chi connectivity index (χ1n) is 8.57. The van der Waals surface area contributed by atoms with Gasteiger partial charge in [-0.2, -0.15) is 0 Å². The van der Waals surface area contributed by atoms with Crippen LogP contribution < -0.4 is 4.72 Å². The van der Waals surface area contributed by atoms with Gasteiger partial charge in [0.1, 0.15) is 10.6 Å². The van der Waals surface area contributed by atoms with E-state index in [0.29, 0.717) is 37.9 Å². The summed E-state index contributed by atoms with van der Waals surface area (Å²) in [5.74, 6) is -0.279. The molecule has 1 fully saturated rings. The van der Waals surface area contributed by atoms with E-state index in [0.717, 1.165) is 5.56 Å². The van der Waals surface area contributed by atoms with Crippen molar-refractivity contribution in [3.8, 4) is 0 Å². The normalized spacial score (nSPS) is 23.6. The Morgan fingerprint density at radius 3 is 2.60 bits per heavy atom. The molecular weight excluding hydrogens is 343 g/mol. The van der Waals surface area contributed by atoms with E-state index in [1.807, 2.05) is 26.8 Å². The van der Waals surface area contributed by atoms with Gasteiger partial charge in [-0.15, -0.1) is 4.72 Å². The van der Waals surface area contributed by atoms with Crippen LogP contribution in [0.15, 0.2) is 18.2 Å². The zero-order valence-corrected chi connectivity index (χ0v) is 15.7. The van der Waals surface area contributed by atoms with Crippen molar-refractivity contribution in [1.82, 2.24) is 9.62 Å². The highest BCUT2D eigenvalue weighted by molar-refractivity contribution is 7.90. The molecule has 5 nitrogen and oxygen atoms in total. The van der Waals surface area contributed by atoms with Gasteiger partial charge in [0.2, 0.25) is 0 Å². The number of nitrogens with one attached hydrogen (secondary N) is 1. The number of benzene rings is 1. The summed E-state index contributed by atoms with van der Waals surface area (Å²) in [6.07, 6.45) is 1.03. The molecule has 0 aromatic heterocycles. The van der Waals surface area contributed by atoms with Crippen molar-refractivity contribution in [2.75, 3.05) is 13.1 Å². The van der Waals surface area contributed by atoms with E-state index >= 15 is 0 Å². The van der Waals surface area contributed by atoms with Gasteiger partial charge >= 0.3 is 6.09 Å². The molecule has 1 amide bonds. The number of halogens is 1. The third-order valence-electron chi connectivity index (χ3n) is 5.40. The number of piperidine rings is 1. The Labute approximate surface area is 150 Å². The summed E-state index contributed by atoms with van der Waals surface area (Å²) in [5, 5.41) is 9.21. The molecule has 0 bridgehead atoms. The van der Waals surface area contributed by atoms with Crippen LogP contribution in [0.5, 0.6) is 0 Å². The standard InChI is InChI=1S/C18H25FN2O3S/c1-17(2,3)25(24)20-15-14-12(5-4-6-13(14)19)11-18(15)7-9-21(10-8-18)16(22)23/h4-6,15,20H,7-11H2,1-3H3,(H,22,23)/t15-,25?/m1/s1. The summed E-state index contributed by atoms with van der Waals surface area (Å²) in [6.45, 7) is 6.49. The fourth-order valence-corrected chi connectivity index (χ4v) is 4.86. The highest BCUT2D eigenvalue weighted by Gasteiger charge is 2.51. The van der Waals surface area contributed by atoms with Gasteiger partial charge in [0.15, 0.2) is 0 Å². The number of amides is 1. The summed E-state index contributed by atoms with van der Waals surface area (Å²) >= 11 is -1.33. The van der Waals surface area contributed by atoms with Gasteiger partial charge in [-0.25, -0.2) is 9.18 Å². The van der Waals surface area contributed by atoms with Crippen molar-refractivity contribution < 1.29 is 18.8 Å². The lowest BCUT2D eigenvalue weighted by Crippen LogP contribution is -2.50. The maximum Gasteiger partial charge on any atom is 0.407 e. The van der Waals surface area contributed by atoms with Crippen LogP contribution in [0, 0.1) is 11.2 Å². The molecule has 7 heteroatoms. The monoisotopic (exact) mass is 368 g/mol. The Kier molecular flexibility index (Phi) is 4.77. The number of likely N-dealkylation sites (tertiary alicyclic amines) is 1. The Morgan fingerprint density at radius 2 is 2.04 bits per heavy atom. The molecule has 1 aromatic rings. The minimum absolute atomic E-state index is 0.279. The second kappa shape index (κ2) is 6.45. The smallest absolute Gasteiger partial charge is 0.407 e. The minimum atomic E-state index is -1.33. The summed E-state index contributed by atoms with van der Waals surface area (Å²) in [5.41, 5.74) is 1.24. The van der Waals surface area contributed by atoms with Crippen molar-refractivity contribution in [2.24, 2.45) is 5.41 Å². The van der Waals surface area contributed by atoms with Gasteiger partial charge in [-0.05, 0) is 51.7 Å². The number of carboxylic acid groups (broad SMARTS) is 1. The third kappa shape index (κ3) is 3.37. The molecule has 3 rings (SSSR count). The van der Waals surface area contributed by atoms with Crippen LogP contribution in [0.4, 0.5) is 9.18 Å². The molecule has 1 aliphatic heterocycles. The second-order valence-corrected chi connectivity index (χ2v) is 10.1. The first-order chi connectivity index (χ1) is 11.6. The second-order valence-electron chi connectivity index (χ2n) is 8.05. The topological polar surface area (TPSA) is 75.6 Å². The molecular formula is C18H25FN2O3S. The van der Waals surface area contributed by atoms with E-state index in [4.69, 9.17) is 0 Å². The molecule has 2 aliphatic rings. The molecule has 0 saturated carbocycles. The van der Waals surface area contributed by atoms with E-state index in [-0.39, 0.29) is 17.3 Å². The predicted octanol–water partition coefficient (Wildman–Crippen LogP) is 3.23. The van der Waals surface area contributed by atoms with Crippen molar-refractivity contribution >= 4 is 17.5 Å². The molecule has 2 N–H and O–H groups in total. The largest absolute Gasteiger partial charge is 0.598 e. The highest BCUT2D eigenvalue weighted by atomic mass is 32.2. The molecule has 1 saturated heterocycles. The molecule has 1 unspecified atom stereocenters. The Hall–Kier alpha value is -1.31. The molecule has 1 aliphatic carbocycles. The summed E-state index contributed by atoms with van der Waals surface area (Å²) in [4.78, 5) is 12.6. The van der Waals surface area contributed by atoms with E-state index in [1.54, 1.807) is 6.07 Å². The molecule has 1 spiro atoms. The lowest BCUT2D eigenvalue weighted by molar-refractivity contribution is 0.0759. The predicted molar refractivity (Wildman–Crippen MR) is 95.1 cm³/mol. The lowest BCUT2D eigenvalue weighted by Gasteiger charge is -2.43. The first kappa shape index (κ1) is 18.5. The SMILES string of the molecule is CC(C)(C)[S+]([O-])N[C@@H]1c2c(F)cccc2CC12CCN(C(=O)O)CC2. The van der Waals surface area contributed by atoms with Gasteiger partial charge in [0, 0.05) is 35.4 Å². The van der Waals surface area contributed by atoms with Gasteiger partial charge in [-0.3, -0.25) is 0 Å². The third-order valence-corrected chi connectivity index (χ3v) is 6.96. The van der Waals surface area contributed by atoms with Crippen molar-refractivity contribution in [3.63, 3.8) is 0 Å². The molecule has 1 aromatic carbocycles. The van der Waals surface area contributed by atoms with E-state index in [1.165, 1.54) is 11.0 Å². The number of fused-ring (bicyclic) bond motifs is 1. The van der Waals surface area contributed by atoms with Crippen LogP contribution in [0.25, 0.3) is 0 Å². The molecule has 1 heterocycles. The molecule has 2 atom stereocenters. The quantitative estimate of drug-likeness (QED) is 0.786. The average molecular weight is 368 g/mol. The number of rotatable bonds is 2. The number of nitrogens with zero attached hydrogens (tertiary/aromatic N) is 1. The van der Waals surface area contributed by atoms with E-state index in [9.17, 15) is 18.8 Å². The van der Waals surface area contributed by atoms with Crippen molar-refractivity contribution in [2.45, 2.75) is 50.8 Å². The Balaban J connectivity index is 1.93. The van der Waals surface area contributed by atoms with Crippen LogP contribution in [0.3, 0.4) is 0 Å². The van der Waals surface area contributed by atoms with Gasteiger partial charge in [0.25, 0.3) is 0 Å². The zero-order chi connectivity index (χ0) is 18.4. The summed E-state index contributed by atoms with van der Waals surface area (Å²) in [7, 11) is 0. The lowest BCUT2D eigenvalue weighted by atomic mass is 9.73. The first-order valence-corrected chi connectivity index (χ1v) is 9.72. The highest BCUT2D eigenvalue weighted by Crippen LogP contribution is 2.53. The Bertz CT molecular complexity index is 669. The average Bonchev–Trinajstić information content (AvgIpc) is 2.81. The maximum absolute atomic E-state index is 14.6. The van der Waals surface area contributed by atoms with Gasteiger partial charge in [-0.1, -0.05) is 12.1 Å². The number of carbonyl (C=O) groups is 1. The zero-order valence-electron chi connectivity index (χ0n) is 14.8. The number of hydrogen-bond acceptors (Lipinski definition) is 3. The maximum atomic E-state index is 14.6. The fourth-order valence-electron chi connectivity index (χ4n) is 3.92. The molecule has 138 valence electrons. The van der Waals surface area contributed by atoms with Crippen LogP contribution >= 0.6 is 0 Å². The van der Waals surface area contributed by atoms with Crippen LogP contribution in [-0.4, -0.2) is 38.5 Å². The van der Waals surface area contributed by atoms with Crippen LogP contribution in [-0.2, 0) is 17.8 Å². The van der Waals surface area contributed by atoms with E-state index < -0.39 is 22.2 Å². The van der Waals surface area contributed by atoms with Crippen LogP contribution in [0.2, 0.25) is 0 Å². The van der Waals surface area contributed by atoms with Gasteiger partial charge < -0.3 is 14.6 Å². The fraction of sp³-hybridized carbons (Fsp3) is 0.611. The van der Waals surface area contributed by atoms with Crippen molar-refractivity contribution in [1.29, 1.82) is 0 Å². The summed E-state index contributed by atoms with van der Waals surface area (Å²) in [6, 6.07) is 4.71. The van der Waals surface area contributed by atoms with E-state index in [2.05, 4.69) is 4.72 Å². The van der Waals surface area contributed by atoms with Crippen molar-refractivity contribution in [3.05, 3.63) is 35.1 Å². The molecule has 0 radical (unpaired) electrons. The summed E-state index contributed by atoms with van der Waals surface area (Å²) < 4.78 is 30.0. The molecule has 25 heavy (non-hydrogen) atoms. The van der Waals surface area contributed by atoms with Crippen LogP contribution in [0.1, 0.15) is 50.8 Å². The Morgan fingerprint density at radius 1 is 1.40 bits per heavy atom. The minimum Gasteiger partial charge on any atom is -0.598 e.